The number of nitrogens with zero attached hydrogens (tertiary/aromatic N) is 3. The number of carboxylic acid groups (broad SMARTS) is 1. The highest BCUT2D eigenvalue weighted by Crippen LogP contribution is 2.31. The molecular formula is C16H24N4O3S. The van der Waals surface area contributed by atoms with Gasteiger partial charge in [0.1, 0.15) is 0 Å². The van der Waals surface area contributed by atoms with E-state index < -0.39 is 5.97 Å². The van der Waals surface area contributed by atoms with Crippen molar-refractivity contribution < 1.29 is 14.7 Å². The van der Waals surface area contributed by atoms with Crippen molar-refractivity contribution in [1.29, 1.82) is 0 Å². The number of aromatic carboxylic acids is 1. The number of carbonyl (C=O) groups excluding carboxylic acids is 1. The fraction of sp³-hybridized carbons (Fsp3) is 0.750. The second-order valence-corrected chi connectivity index (χ2v) is 7.62. The zero-order valence-corrected chi connectivity index (χ0v) is 14.6. The van der Waals surface area contributed by atoms with Gasteiger partial charge in [0.15, 0.2) is 0 Å². The van der Waals surface area contributed by atoms with Crippen molar-refractivity contribution in [2.75, 3.05) is 5.32 Å². The first kappa shape index (κ1) is 17.1. The molecule has 132 valence electrons. The summed E-state index contributed by atoms with van der Waals surface area (Å²) in [5.41, 5.74) is 0. The van der Waals surface area contributed by atoms with E-state index in [1.807, 2.05) is 4.90 Å². The maximum atomic E-state index is 12.9. The number of nitrogens with one attached hydrogen (secondary N) is 1. The molecule has 7 nitrogen and oxygen atoms in total. The summed E-state index contributed by atoms with van der Waals surface area (Å²) in [7, 11) is 0. The van der Waals surface area contributed by atoms with Crippen LogP contribution in [-0.4, -0.2) is 44.3 Å². The Morgan fingerprint density at radius 3 is 1.96 bits per heavy atom. The second-order valence-electron chi connectivity index (χ2n) is 6.64. The van der Waals surface area contributed by atoms with Crippen LogP contribution in [0, 0.1) is 0 Å². The summed E-state index contributed by atoms with van der Waals surface area (Å²) < 4.78 is 0. The molecule has 3 rings (SSSR count). The number of amides is 2. The summed E-state index contributed by atoms with van der Waals surface area (Å²) in [6.07, 6.45) is 11.4. The highest BCUT2D eigenvalue weighted by Gasteiger charge is 2.33. The van der Waals surface area contributed by atoms with Gasteiger partial charge in [-0.3, -0.25) is 5.32 Å². The Hall–Kier alpha value is -1.70. The summed E-state index contributed by atoms with van der Waals surface area (Å²) in [6.45, 7) is 0. The molecule has 0 atom stereocenters. The van der Waals surface area contributed by atoms with E-state index in [-0.39, 0.29) is 28.3 Å². The van der Waals surface area contributed by atoms with Crippen molar-refractivity contribution in [2.45, 2.75) is 76.3 Å². The quantitative estimate of drug-likeness (QED) is 0.861. The minimum Gasteiger partial charge on any atom is -0.476 e. The van der Waals surface area contributed by atoms with Gasteiger partial charge in [0.05, 0.1) is 0 Å². The van der Waals surface area contributed by atoms with Gasteiger partial charge in [0.25, 0.3) is 0 Å². The molecular weight excluding hydrogens is 328 g/mol. The molecule has 2 amide bonds. The van der Waals surface area contributed by atoms with Crippen molar-refractivity contribution in [1.82, 2.24) is 15.1 Å². The number of aromatic nitrogens is 2. The van der Waals surface area contributed by atoms with Gasteiger partial charge in [0, 0.05) is 12.1 Å². The molecule has 2 N–H and O–H groups in total. The molecule has 24 heavy (non-hydrogen) atoms. The lowest BCUT2D eigenvalue weighted by molar-refractivity contribution is 0.0695. The SMILES string of the molecule is O=C(O)c1nnc(NC(=O)N(C2CCCCC2)C2CCCCC2)s1. The molecule has 0 radical (unpaired) electrons. The number of carboxylic acids is 1. The molecule has 2 fully saturated rings. The van der Waals surface area contributed by atoms with E-state index in [0.717, 1.165) is 37.0 Å². The Morgan fingerprint density at radius 2 is 1.50 bits per heavy atom. The third-order valence-corrected chi connectivity index (χ3v) is 5.82. The van der Waals surface area contributed by atoms with E-state index in [9.17, 15) is 9.59 Å². The zero-order valence-electron chi connectivity index (χ0n) is 13.7. The Bertz CT molecular complexity index is 562. The Balaban J connectivity index is 1.72. The predicted octanol–water partition coefficient (Wildman–Crippen LogP) is 3.74. The van der Waals surface area contributed by atoms with Gasteiger partial charge >= 0.3 is 12.0 Å². The van der Waals surface area contributed by atoms with Crippen LogP contribution in [-0.2, 0) is 0 Å². The molecule has 0 aliphatic heterocycles. The van der Waals surface area contributed by atoms with Crippen LogP contribution >= 0.6 is 11.3 Å². The lowest BCUT2D eigenvalue weighted by atomic mass is 9.89. The summed E-state index contributed by atoms with van der Waals surface area (Å²) in [5, 5.41) is 19.2. The van der Waals surface area contributed by atoms with Crippen LogP contribution in [0.5, 0.6) is 0 Å². The number of urea groups is 1. The van der Waals surface area contributed by atoms with Gasteiger partial charge in [0.2, 0.25) is 10.1 Å². The molecule has 0 unspecified atom stereocenters. The average molecular weight is 352 g/mol. The van der Waals surface area contributed by atoms with E-state index in [4.69, 9.17) is 5.11 Å². The maximum absolute atomic E-state index is 12.9. The molecule has 8 heteroatoms. The average Bonchev–Trinajstić information content (AvgIpc) is 3.06. The third kappa shape index (κ3) is 4.03. The number of anilines is 1. The molecule has 1 heterocycles. The standard InChI is InChI=1S/C16H24N4O3S/c21-14(22)13-18-19-15(24-13)17-16(23)20(11-7-3-1-4-8-11)12-9-5-2-6-10-12/h11-12H,1-10H2,(H,21,22)(H,17,19,23). The summed E-state index contributed by atoms with van der Waals surface area (Å²) in [4.78, 5) is 25.8. The van der Waals surface area contributed by atoms with Crippen LogP contribution in [0.3, 0.4) is 0 Å². The molecule has 1 aromatic rings. The van der Waals surface area contributed by atoms with Crippen LogP contribution in [0.15, 0.2) is 0 Å². The molecule has 2 aliphatic rings. The first-order valence-electron chi connectivity index (χ1n) is 8.81. The molecule has 0 spiro atoms. The molecule has 2 aliphatic carbocycles. The predicted molar refractivity (Wildman–Crippen MR) is 91.5 cm³/mol. The largest absolute Gasteiger partial charge is 0.476 e. The monoisotopic (exact) mass is 352 g/mol. The topological polar surface area (TPSA) is 95.4 Å². The fourth-order valence-electron chi connectivity index (χ4n) is 3.86. The highest BCUT2D eigenvalue weighted by molar-refractivity contribution is 7.17. The van der Waals surface area contributed by atoms with Gasteiger partial charge in [-0.05, 0) is 25.7 Å². The molecule has 0 aromatic carbocycles. The molecule has 0 bridgehead atoms. The van der Waals surface area contributed by atoms with Crippen LogP contribution in [0.25, 0.3) is 0 Å². The van der Waals surface area contributed by atoms with Gasteiger partial charge < -0.3 is 10.0 Å². The van der Waals surface area contributed by atoms with Gasteiger partial charge in [-0.2, -0.15) is 0 Å². The normalized spacial score (nSPS) is 19.8. The number of carbonyl (C=O) groups is 2. The molecule has 2 saturated carbocycles. The lowest BCUT2D eigenvalue weighted by Gasteiger charge is -2.41. The van der Waals surface area contributed by atoms with E-state index in [1.165, 1.54) is 38.5 Å². The van der Waals surface area contributed by atoms with Crippen molar-refractivity contribution in [3.8, 4) is 0 Å². The Labute approximate surface area is 145 Å². The van der Waals surface area contributed by atoms with Crippen LogP contribution in [0.1, 0.15) is 74.0 Å². The van der Waals surface area contributed by atoms with E-state index in [2.05, 4.69) is 15.5 Å². The summed E-state index contributed by atoms with van der Waals surface area (Å²) >= 11 is 0.900. The molecule has 1 aromatic heterocycles. The minimum absolute atomic E-state index is 0.104. The van der Waals surface area contributed by atoms with E-state index in [0.29, 0.717) is 0 Å². The molecule has 0 saturated heterocycles. The maximum Gasteiger partial charge on any atom is 0.367 e. The first-order chi connectivity index (χ1) is 11.6. The lowest BCUT2D eigenvalue weighted by Crippen LogP contribution is -2.50. The van der Waals surface area contributed by atoms with Crippen LogP contribution in [0.2, 0.25) is 0 Å². The Morgan fingerprint density at radius 1 is 0.958 bits per heavy atom. The van der Waals surface area contributed by atoms with Crippen molar-refractivity contribution in [3.05, 3.63) is 5.01 Å². The van der Waals surface area contributed by atoms with E-state index >= 15 is 0 Å². The smallest absolute Gasteiger partial charge is 0.367 e. The van der Waals surface area contributed by atoms with Crippen molar-refractivity contribution >= 4 is 28.5 Å². The van der Waals surface area contributed by atoms with Gasteiger partial charge in [-0.15, -0.1) is 10.2 Å². The zero-order chi connectivity index (χ0) is 16.9. The van der Waals surface area contributed by atoms with Crippen LogP contribution < -0.4 is 5.32 Å². The van der Waals surface area contributed by atoms with Crippen molar-refractivity contribution in [3.63, 3.8) is 0 Å². The second kappa shape index (κ2) is 7.92. The first-order valence-corrected chi connectivity index (χ1v) is 9.63. The van der Waals surface area contributed by atoms with Crippen molar-refractivity contribution in [2.24, 2.45) is 0 Å². The van der Waals surface area contributed by atoms with E-state index in [1.54, 1.807) is 0 Å². The fourth-order valence-corrected chi connectivity index (χ4v) is 4.44. The van der Waals surface area contributed by atoms with Crippen LogP contribution in [0.4, 0.5) is 9.93 Å². The van der Waals surface area contributed by atoms with Gasteiger partial charge in [-0.1, -0.05) is 49.9 Å². The third-order valence-electron chi connectivity index (χ3n) is 4.99. The van der Waals surface area contributed by atoms with Gasteiger partial charge in [-0.25, -0.2) is 9.59 Å². The minimum atomic E-state index is -1.12. The Kier molecular flexibility index (Phi) is 5.65. The highest BCUT2D eigenvalue weighted by atomic mass is 32.1. The number of rotatable bonds is 4. The number of hydrogen-bond donors (Lipinski definition) is 2. The summed E-state index contributed by atoms with van der Waals surface area (Å²) in [5.74, 6) is -1.12. The number of hydrogen-bond acceptors (Lipinski definition) is 5. The summed E-state index contributed by atoms with van der Waals surface area (Å²) in [6, 6.07) is 0.421.